The number of carbonyl (C=O) groups excluding carboxylic acids is 1. The third-order valence-corrected chi connectivity index (χ3v) is 6.19. The molecule has 0 spiro atoms. The van der Waals surface area contributed by atoms with Crippen molar-refractivity contribution in [1.29, 1.82) is 0 Å². The predicted octanol–water partition coefficient (Wildman–Crippen LogP) is 3.77. The number of benzene rings is 2. The van der Waals surface area contributed by atoms with E-state index in [1.54, 1.807) is 11.6 Å². The molecule has 0 atom stereocenters. The lowest BCUT2D eigenvalue weighted by atomic mass is 9.95. The Labute approximate surface area is 183 Å². The van der Waals surface area contributed by atoms with Crippen LogP contribution in [0.5, 0.6) is 0 Å². The fourth-order valence-corrected chi connectivity index (χ4v) is 4.27. The van der Waals surface area contributed by atoms with Crippen LogP contribution in [0.4, 0.5) is 0 Å². The summed E-state index contributed by atoms with van der Waals surface area (Å²) in [5, 5.41) is 4.55. The maximum atomic E-state index is 12.9. The van der Waals surface area contributed by atoms with E-state index in [1.807, 2.05) is 59.5 Å². The Morgan fingerprint density at radius 3 is 2.29 bits per heavy atom. The number of carbonyl (C=O) groups is 1. The number of aromatic nitrogens is 3. The third kappa shape index (κ3) is 4.48. The molecule has 162 valence electrons. The topological polar surface area (TPSA) is 60.1 Å². The summed E-state index contributed by atoms with van der Waals surface area (Å²) in [7, 11) is 1.70. The van der Waals surface area contributed by atoms with E-state index in [1.165, 1.54) is 10.2 Å². The highest BCUT2D eigenvalue weighted by Gasteiger charge is 2.28. The van der Waals surface area contributed by atoms with Crippen LogP contribution in [-0.2, 0) is 13.6 Å². The molecule has 2 heterocycles. The van der Waals surface area contributed by atoms with Gasteiger partial charge >= 0.3 is 5.69 Å². The second kappa shape index (κ2) is 8.92. The fraction of sp³-hybridized carbons (Fsp3) is 0.400. The summed E-state index contributed by atoms with van der Waals surface area (Å²) in [5.74, 6) is 1.53. The van der Waals surface area contributed by atoms with Gasteiger partial charge in [0.05, 0.1) is 6.54 Å². The molecule has 1 amide bonds. The van der Waals surface area contributed by atoms with Crippen molar-refractivity contribution in [2.45, 2.75) is 45.1 Å². The average molecular weight is 419 g/mol. The van der Waals surface area contributed by atoms with Crippen LogP contribution in [0, 0.1) is 0 Å². The maximum absolute atomic E-state index is 12.9. The van der Waals surface area contributed by atoms with Gasteiger partial charge in [0.2, 0.25) is 0 Å². The first-order chi connectivity index (χ1) is 14.9. The summed E-state index contributed by atoms with van der Waals surface area (Å²) >= 11 is 0. The molecule has 1 fully saturated rings. The molecular weight excluding hydrogens is 388 g/mol. The zero-order valence-corrected chi connectivity index (χ0v) is 18.5. The van der Waals surface area contributed by atoms with Crippen molar-refractivity contribution in [3.63, 3.8) is 0 Å². The number of rotatable bonds is 5. The van der Waals surface area contributed by atoms with E-state index >= 15 is 0 Å². The Morgan fingerprint density at radius 2 is 1.68 bits per heavy atom. The van der Waals surface area contributed by atoms with Crippen LogP contribution >= 0.6 is 0 Å². The second-order valence-corrected chi connectivity index (χ2v) is 8.68. The first-order valence-corrected chi connectivity index (χ1v) is 11.0. The van der Waals surface area contributed by atoms with Gasteiger partial charge in [-0.3, -0.25) is 9.36 Å². The maximum Gasteiger partial charge on any atom is 0.345 e. The lowest BCUT2D eigenvalue weighted by Gasteiger charge is -2.31. The first-order valence-electron chi connectivity index (χ1n) is 11.0. The normalized spacial score (nSPS) is 14.9. The van der Waals surface area contributed by atoms with E-state index in [2.05, 4.69) is 18.9 Å². The second-order valence-electron chi connectivity index (χ2n) is 8.68. The molecule has 6 heteroatoms. The highest BCUT2D eigenvalue weighted by atomic mass is 16.2. The van der Waals surface area contributed by atoms with Gasteiger partial charge in [0.15, 0.2) is 0 Å². The van der Waals surface area contributed by atoms with E-state index in [4.69, 9.17) is 0 Å². The standard InChI is InChI=1S/C25H30N4O2/c1-18(2)20-9-11-22(12-10-20)24(30)28-15-13-21(14-16-28)23-26-27(3)25(31)29(23)17-19-7-5-4-6-8-19/h4-12,18,21H,13-17H2,1-3H3. The van der Waals surface area contributed by atoms with Gasteiger partial charge in [-0.25, -0.2) is 9.48 Å². The molecule has 1 aliphatic heterocycles. The van der Waals surface area contributed by atoms with Gasteiger partial charge in [-0.05, 0) is 42.0 Å². The Bertz CT molecular complexity index is 1090. The van der Waals surface area contributed by atoms with Crippen molar-refractivity contribution in [1.82, 2.24) is 19.2 Å². The van der Waals surface area contributed by atoms with E-state index < -0.39 is 0 Å². The molecule has 0 N–H and O–H groups in total. The van der Waals surface area contributed by atoms with Crippen LogP contribution in [0.3, 0.4) is 0 Å². The minimum absolute atomic E-state index is 0.0800. The minimum Gasteiger partial charge on any atom is -0.339 e. The summed E-state index contributed by atoms with van der Waals surface area (Å²) in [4.78, 5) is 27.5. The van der Waals surface area contributed by atoms with Gasteiger partial charge in [0, 0.05) is 31.6 Å². The summed E-state index contributed by atoms with van der Waals surface area (Å²) in [6.45, 7) is 6.16. The molecule has 0 aliphatic carbocycles. The highest BCUT2D eigenvalue weighted by molar-refractivity contribution is 5.94. The summed E-state index contributed by atoms with van der Waals surface area (Å²) in [6, 6.07) is 17.9. The molecule has 0 saturated carbocycles. The Kier molecular flexibility index (Phi) is 6.07. The van der Waals surface area contributed by atoms with Crippen molar-refractivity contribution < 1.29 is 4.79 Å². The third-order valence-electron chi connectivity index (χ3n) is 6.19. The molecule has 4 rings (SSSR count). The van der Waals surface area contributed by atoms with Crippen LogP contribution in [0.1, 0.15) is 65.8 Å². The number of amides is 1. The zero-order valence-electron chi connectivity index (χ0n) is 18.5. The lowest BCUT2D eigenvalue weighted by Crippen LogP contribution is -2.38. The average Bonchev–Trinajstić information content (AvgIpc) is 3.08. The number of piperidine rings is 1. The van der Waals surface area contributed by atoms with Gasteiger partial charge in [0.25, 0.3) is 5.91 Å². The van der Waals surface area contributed by atoms with Crippen LogP contribution in [0.15, 0.2) is 59.4 Å². The van der Waals surface area contributed by atoms with E-state index in [0.717, 1.165) is 29.8 Å². The van der Waals surface area contributed by atoms with Gasteiger partial charge < -0.3 is 4.90 Å². The van der Waals surface area contributed by atoms with E-state index in [0.29, 0.717) is 25.6 Å². The molecule has 0 radical (unpaired) electrons. The largest absolute Gasteiger partial charge is 0.345 e. The highest BCUT2D eigenvalue weighted by Crippen LogP contribution is 2.27. The van der Waals surface area contributed by atoms with Gasteiger partial charge in [0.1, 0.15) is 5.82 Å². The molecule has 6 nitrogen and oxygen atoms in total. The number of hydrogen-bond donors (Lipinski definition) is 0. The Morgan fingerprint density at radius 1 is 1.03 bits per heavy atom. The zero-order chi connectivity index (χ0) is 22.0. The van der Waals surface area contributed by atoms with Crippen molar-refractivity contribution in [3.05, 3.63) is 87.6 Å². The van der Waals surface area contributed by atoms with Crippen molar-refractivity contribution in [3.8, 4) is 0 Å². The molecule has 1 aliphatic rings. The van der Waals surface area contributed by atoms with Crippen molar-refractivity contribution in [2.75, 3.05) is 13.1 Å². The first kappa shape index (κ1) is 21.1. The number of likely N-dealkylation sites (tertiary alicyclic amines) is 1. The molecule has 1 saturated heterocycles. The molecule has 2 aromatic carbocycles. The minimum atomic E-state index is -0.0948. The molecule has 0 unspecified atom stereocenters. The number of aryl methyl sites for hydroxylation is 1. The van der Waals surface area contributed by atoms with Crippen LogP contribution < -0.4 is 5.69 Å². The van der Waals surface area contributed by atoms with Crippen molar-refractivity contribution in [2.24, 2.45) is 7.05 Å². The predicted molar refractivity (Wildman–Crippen MR) is 121 cm³/mol. The smallest absolute Gasteiger partial charge is 0.339 e. The van der Waals surface area contributed by atoms with Crippen LogP contribution in [0.2, 0.25) is 0 Å². The van der Waals surface area contributed by atoms with Crippen LogP contribution in [0.25, 0.3) is 0 Å². The molecular formula is C25H30N4O2. The SMILES string of the molecule is CC(C)c1ccc(C(=O)N2CCC(c3nn(C)c(=O)n3Cc3ccccc3)CC2)cc1. The van der Waals surface area contributed by atoms with Gasteiger partial charge in [-0.15, -0.1) is 0 Å². The van der Waals surface area contributed by atoms with Gasteiger partial charge in [-0.2, -0.15) is 5.10 Å². The Hall–Kier alpha value is -3.15. The van der Waals surface area contributed by atoms with E-state index in [-0.39, 0.29) is 17.5 Å². The lowest BCUT2D eigenvalue weighted by molar-refractivity contribution is 0.0710. The number of nitrogens with zero attached hydrogens (tertiary/aromatic N) is 4. The van der Waals surface area contributed by atoms with Crippen LogP contribution in [-0.4, -0.2) is 38.2 Å². The van der Waals surface area contributed by atoms with Crippen molar-refractivity contribution >= 4 is 5.91 Å². The fourth-order valence-electron chi connectivity index (χ4n) is 4.27. The summed E-state index contributed by atoms with van der Waals surface area (Å²) < 4.78 is 3.20. The Balaban J connectivity index is 1.46. The molecule has 31 heavy (non-hydrogen) atoms. The number of hydrogen-bond acceptors (Lipinski definition) is 3. The summed E-state index contributed by atoms with van der Waals surface area (Å²) in [5.41, 5.74) is 2.96. The molecule has 3 aromatic rings. The van der Waals surface area contributed by atoms with E-state index in [9.17, 15) is 9.59 Å². The quantitative estimate of drug-likeness (QED) is 0.634. The summed E-state index contributed by atoms with van der Waals surface area (Å²) in [6.07, 6.45) is 1.61. The molecule has 1 aromatic heterocycles. The monoisotopic (exact) mass is 418 g/mol. The van der Waals surface area contributed by atoms with Gasteiger partial charge in [-0.1, -0.05) is 56.3 Å². The molecule has 0 bridgehead atoms.